The molecule has 0 aliphatic heterocycles. The summed E-state index contributed by atoms with van der Waals surface area (Å²) < 4.78 is 0. The van der Waals surface area contributed by atoms with E-state index in [1.807, 2.05) is 11.8 Å². The molecule has 1 aliphatic carbocycles. The summed E-state index contributed by atoms with van der Waals surface area (Å²) in [7, 11) is 0. The SMILES string of the molecule is CCSC(C)CC1CC=C(CC/C=N/OC/C=C/Cl)C(=O)C1. The van der Waals surface area contributed by atoms with Crippen LogP contribution < -0.4 is 0 Å². The van der Waals surface area contributed by atoms with Crippen LogP contribution in [0.4, 0.5) is 0 Å². The van der Waals surface area contributed by atoms with Crippen LogP contribution in [0.15, 0.2) is 28.4 Å². The van der Waals surface area contributed by atoms with Crippen LogP contribution in [0.25, 0.3) is 0 Å². The first-order valence-electron chi connectivity index (χ1n) is 7.90. The molecule has 0 saturated heterocycles. The number of oxime groups is 1. The van der Waals surface area contributed by atoms with Gasteiger partial charge in [0.1, 0.15) is 6.61 Å². The van der Waals surface area contributed by atoms with Crippen molar-refractivity contribution in [3.63, 3.8) is 0 Å². The molecule has 5 heteroatoms. The van der Waals surface area contributed by atoms with Crippen LogP contribution >= 0.6 is 23.4 Å². The number of Topliss-reactive ketones (excluding diaryl/α,β-unsaturated/α-hetero) is 1. The summed E-state index contributed by atoms with van der Waals surface area (Å²) in [6.45, 7) is 4.81. The first-order valence-corrected chi connectivity index (χ1v) is 9.38. The highest BCUT2D eigenvalue weighted by Crippen LogP contribution is 2.29. The molecule has 0 spiro atoms. The van der Waals surface area contributed by atoms with Crippen molar-refractivity contribution in [2.24, 2.45) is 11.1 Å². The van der Waals surface area contributed by atoms with Crippen molar-refractivity contribution in [3.05, 3.63) is 23.3 Å². The second kappa shape index (κ2) is 11.8. The van der Waals surface area contributed by atoms with Gasteiger partial charge in [0, 0.05) is 23.4 Å². The lowest BCUT2D eigenvalue weighted by atomic mass is 9.84. The molecule has 0 aromatic rings. The Morgan fingerprint density at radius 2 is 2.41 bits per heavy atom. The fourth-order valence-corrected chi connectivity index (χ4v) is 3.64. The Hall–Kier alpha value is -0.740. The lowest BCUT2D eigenvalue weighted by Crippen LogP contribution is -2.18. The first-order chi connectivity index (χ1) is 10.7. The maximum Gasteiger partial charge on any atom is 0.158 e. The fourth-order valence-electron chi connectivity index (χ4n) is 2.59. The van der Waals surface area contributed by atoms with Gasteiger partial charge in [0.2, 0.25) is 0 Å². The summed E-state index contributed by atoms with van der Waals surface area (Å²) in [5.41, 5.74) is 2.36. The number of thioether (sulfide) groups is 1. The van der Waals surface area contributed by atoms with Crippen LogP contribution in [-0.2, 0) is 9.63 Å². The molecule has 0 bridgehead atoms. The molecule has 0 fully saturated rings. The van der Waals surface area contributed by atoms with E-state index in [1.54, 1.807) is 12.3 Å². The number of halogens is 1. The van der Waals surface area contributed by atoms with E-state index in [9.17, 15) is 4.79 Å². The Labute approximate surface area is 143 Å². The molecular weight excluding hydrogens is 318 g/mol. The van der Waals surface area contributed by atoms with Gasteiger partial charge in [0.15, 0.2) is 5.78 Å². The number of hydrogen-bond acceptors (Lipinski definition) is 4. The fraction of sp³-hybridized carbons (Fsp3) is 0.647. The maximum absolute atomic E-state index is 12.2. The minimum absolute atomic E-state index is 0.310. The van der Waals surface area contributed by atoms with Gasteiger partial charge in [0.05, 0.1) is 0 Å². The molecule has 0 radical (unpaired) electrons. The van der Waals surface area contributed by atoms with Gasteiger partial charge in [-0.05, 0) is 49.0 Å². The standard InChI is InChI=1S/C17H26ClNO2S/c1-3-22-14(2)12-15-7-8-16(17(20)13-15)6-4-10-19-21-11-5-9-18/h5,8-10,14-15H,3-4,6-7,11-13H2,1-2H3/b9-5+,19-10+. The van der Waals surface area contributed by atoms with Gasteiger partial charge < -0.3 is 4.84 Å². The highest BCUT2D eigenvalue weighted by molar-refractivity contribution is 7.99. The third kappa shape index (κ3) is 8.04. The van der Waals surface area contributed by atoms with E-state index in [2.05, 4.69) is 25.1 Å². The van der Waals surface area contributed by atoms with Crippen molar-refractivity contribution in [2.45, 2.75) is 51.2 Å². The monoisotopic (exact) mass is 343 g/mol. The third-order valence-corrected chi connectivity index (χ3v) is 4.87. The molecule has 0 saturated carbocycles. The van der Waals surface area contributed by atoms with Gasteiger partial charge in [-0.3, -0.25) is 4.79 Å². The molecule has 0 aromatic heterocycles. The lowest BCUT2D eigenvalue weighted by molar-refractivity contribution is -0.117. The molecule has 1 aliphatic rings. The van der Waals surface area contributed by atoms with Gasteiger partial charge in [0.25, 0.3) is 0 Å². The van der Waals surface area contributed by atoms with Crippen LogP contribution in [0.2, 0.25) is 0 Å². The first kappa shape index (κ1) is 19.3. The second-order valence-electron chi connectivity index (χ2n) is 5.44. The molecule has 2 atom stereocenters. The minimum Gasteiger partial charge on any atom is -0.392 e. The van der Waals surface area contributed by atoms with Crippen molar-refractivity contribution < 1.29 is 9.63 Å². The van der Waals surface area contributed by atoms with Crippen molar-refractivity contribution in [1.82, 2.24) is 0 Å². The predicted octanol–water partition coefficient (Wildman–Crippen LogP) is 4.96. The Kier molecular flexibility index (Phi) is 10.3. The predicted molar refractivity (Wildman–Crippen MR) is 96.7 cm³/mol. The largest absolute Gasteiger partial charge is 0.392 e. The summed E-state index contributed by atoms with van der Waals surface area (Å²) in [5.74, 6) is 1.97. The highest BCUT2D eigenvalue weighted by atomic mass is 35.5. The van der Waals surface area contributed by atoms with Gasteiger partial charge in [-0.15, -0.1) is 0 Å². The minimum atomic E-state index is 0.310. The molecule has 124 valence electrons. The summed E-state index contributed by atoms with van der Waals surface area (Å²) in [5, 5.41) is 4.46. The second-order valence-corrected chi connectivity index (χ2v) is 7.41. The molecule has 0 aromatic carbocycles. The van der Waals surface area contributed by atoms with Crippen molar-refractivity contribution in [1.29, 1.82) is 0 Å². The zero-order valence-corrected chi connectivity index (χ0v) is 15.0. The average Bonchev–Trinajstić information content (AvgIpc) is 2.48. The van der Waals surface area contributed by atoms with Gasteiger partial charge in [-0.2, -0.15) is 11.8 Å². The van der Waals surface area contributed by atoms with E-state index in [0.29, 0.717) is 30.0 Å². The Bertz CT molecular complexity index is 421. The van der Waals surface area contributed by atoms with Gasteiger partial charge >= 0.3 is 0 Å². The van der Waals surface area contributed by atoms with Crippen LogP contribution in [0.5, 0.6) is 0 Å². The zero-order chi connectivity index (χ0) is 16.2. The Morgan fingerprint density at radius 1 is 1.59 bits per heavy atom. The van der Waals surface area contributed by atoms with Crippen LogP contribution in [-0.4, -0.2) is 29.6 Å². The molecule has 1 rings (SSSR count). The highest BCUT2D eigenvalue weighted by Gasteiger charge is 2.22. The van der Waals surface area contributed by atoms with Crippen molar-refractivity contribution >= 4 is 35.4 Å². The molecule has 22 heavy (non-hydrogen) atoms. The number of rotatable bonds is 10. The smallest absolute Gasteiger partial charge is 0.158 e. The van der Waals surface area contributed by atoms with E-state index >= 15 is 0 Å². The van der Waals surface area contributed by atoms with Crippen LogP contribution in [0, 0.1) is 5.92 Å². The third-order valence-electron chi connectivity index (χ3n) is 3.60. The summed E-state index contributed by atoms with van der Waals surface area (Å²) in [6.07, 6.45) is 9.87. The van der Waals surface area contributed by atoms with Gasteiger partial charge in [-0.1, -0.05) is 36.7 Å². The number of nitrogens with zero attached hydrogens (tertiary/aromatic N) is 1. The van der Waals surface area contributed by atoms with E-state index in [0.717, 1.165) is 37.0 Å². The normalized spacial score (nSPS) is 20.6. The number of hydrogen-bond donors (Lipinski definition) is 0. The van der Waals surface area contributed by atoms with Crippen molar-refractivity contribution in [3.8, 4) is 0 Å². The van der Waals surface area contributed by atoms with Crippen LogP contribution in [0.1, 0.15) is 46.0 Å². The molecular formula is C17H26ClNO2S. The number of ketones is 1. The van der Waals surface area contributed by atoms with E-state index < -0.39 is 0 Å². The van der Waals surface area contributed by atoms with Crippen LogP contribution in [0.3, 0.4) is 0 Å². The quantitative estimate of drug-likeness (QED) is 0.320. The number of carbonyl (C=O) groups excluding carboxylic acids is 1. The van der Waals surface area contributed by atoms with E-state index in [1.165, 1.54) is 5.54 Å². The molecule has 0 amide bonds. The Morgan fingerprint density at radius 3 is 3.09 bits per heavy atom. The molecule has 0 heterocycles. The number of allylic oxidation sites excluding steroid dienone is 2. The maximum atomic E-state index is 12.2. The summed E-state index contributed by atoms with van der Waals surface area (Å²) in [4.78, 5) is 17.1. The zero-order valence-electron chi connectivity index (χ0n) is 13.5. The van der Waals surface area contributed by atoms with E-state index in [-0.39, 0.29) is 0 Å². The van der Waals surface area contributed by atoms with Gasteiger partial charge in [-0.25, -0.2) is 0 Å². The molecule has 0 N–H and O–H groups in total. The molecule has 3 nitrogen and oxygen atoms in total. The average molecular weight is 344 g/mol. The van der Waals surface area contributed by atoms with E-state index in [4.69, 9.17) is 16.4 Å². The Balaban J connectivity index is 2.28. The van der Waals surface area contributed by atoms with Crippen molar-refractivity contribution in [2.75, 3.05) is 12.4 Å². The topological polar surface area (TPSA) is 38.7 Å². The summed E-state index contributed by atoms with van der Waals surface area (Å²) >= 11 is 7.34. The summed E-state index contributed by atoms with van der Waals surface area (Å²) in [6, 6.07) is 0. The number of carbonyl (C=O) groups is 1. The molecule has 2 unspecified atom stereocenters. The lowest BCUT2D eigenvalue weighted by Gasteiger charge is -2.23.